The van der Waals surface area contributed by atoms with Gasteiger partial charge in [-0.3, -0.25) is 5.41 Å². The molecule has 4 aromatic rings. The molecule has 2 fully saturated rings. The minimum Gasteiger partial charge on any atom is -0.396 e. The maximum atomic E-state index is 10.3. The van der Waals surface area contributed by atoms with Crippen molar-refractivity contribution in [3.63, 3.8) is 0 Å². The normalized spacial score (nSPS) is 21.7. The molecule has 228 valence electrons. The first kappa shape index (κ1) is 28.0. The summed E-state index contributed by atoms with van der Waals surface area (Å²) in [5.41, 5.74) is 14.0. The van der Waals surface area contributed by atoms with E-state index in [0.29, 0.717) is 62.0 Å². The van der Waals surface area contributed by atoms with Crippen LogP contribution in [-0.2, 0) is 0 Å². The van der Waals surface area contributed by atoms with Crippen LogP contribution in [0.3, 0.4) is 0 Å². The first-order valence-electron chi connectivity index (χ1n) is 14.9. The molecule has 4 aromatic heterocycles. The van der Waals surface area contributed by atoms with Crippen molar-refractivity contribution in [2.24, 2.45) is 15.7 Å². The van der Waals surface area contributed by atoms with Crippen molar-refractivity contribution < 1.29 is 10.2 Å². The molecule has 13 heteroatoms. The minimum absolute atomic E-state index is 0.117. The highest BCUT2D eigenvalue weighted by Crippen LogP contribution is 2.37. The van der Waals surface area contributed by atoms with E-state index in [9.17, 15) is 10.2 Å². The summed E-state index contributed by atoms with van der Waals surface area (Å²) < 4.78 is 3.77. The number of aliphatic hydroxyl groups is 2. The first-order valence-corrected chi connectivity index (χ1v) is 14.9. The van der Waals surface area contributed by atoms with Gasteiger partial charge < -0.3 is 31.1 Å². The van der Waals surface area contributed by atoms with E-state index < -0.39 is 12.2 Å². The lowest BCUT2D eigenvalue weighted by Crippen LogP contribution is -2.30. The van der Waals surface area contributed by atoms with Gasteiger partial charge in [0.25, 0.3) is 0 Å². The number of rotatable bonds is 4. The quantitative estimate of drug-likeness (QED) is 0.240. The van der Waals surface area contributed by atoms with Crippen LogP contribution in [0.25, 0.3) is 11.0 Å². The minimum atomic E-state index is -0.429. The molecule has 0 spiro atoms. The summed E-state index contributed by atoms with van der Waals surface area (Å²) >= 11 is 0. The maximum absolute atomic E-state index is 10.3. The fraction of sp³-hybridized carbons (Fsp3) is 0.387. The van der Waals surface area contributed by atoms with Crippen LogP contribution in [0.2, 0.25) is 0 Å². The second-order valence-corrected chi connectivity index (χ2v) is 12.0. The molecule has 3 aliphatic rings. The van der Waals surface area contributed by atoms with E-state index in [1.807, 2.05) is 65.9 Å². The van der Waals surface area contributed by atoms with Crippen molar-refractivity contribution in [2.45, 2.75) is 52.7 Å². The molecule has 0 saturated carbocycles. The van der Waals surface area contributed by atoms with Crippen LogP contribution < -0.4 is 20.9 Å². The van der Waals surface area contributed by atoms with E-state index in [1.54, 1.807) is 6.08 Å². The van der Waals surface area contributed by atoms with Gasteiger partial charge in [0, 0.05) is 37.6 Å². The molecule has 3 aliphatic heterocycles. The highest BCUT2D eigenvalue weighted by atomic mass is 16.3. The van der Waals surface area contributed by atoms with E-state index in [4.69, 9.17) is 31.3 Å². The molecule has 0 bridgehead atoms. The van der Waals surface area contributed by atoms with Gasteiger partial charge in [0.1, 0.15) is 11.4 Å². The monoisotopic (exact) mass is 595 g/mol. The maximum Gasteiger partial charge on any atom is 0.178 e. The number of dihydropyridines is 1. The molecule has 44 heavy (non-hydrogen) atoms. The van der Waals surface area contributed by atoms with Gasteiger partial charge in [-0.15, -0.1) is 10.2 Å². The van der Waals surface area contributed by atoms with Crippen LogP contribution in [0, 0.1) is 33.1 Å². The van der Waals surface area contributed by atoms with Crippen molar-refractivity contribution in [1.82, 2.24) is 19.2 Å². The van der Waals surface area contributed by atoms with Gasteiger partial charge in [-0.05, 0) is 69.9 Å². The predicted octanol–water partition coefficient (Wildman–Crippen LogP) is 2.77. The number of aryl methyl sites for hydroxylation is 4. The van der Waals surface area contributed by atoms with Crippen LogP contribution in [-0.4, -0.2) is 85.2 Å². The van der Waals surface area contributed by atoms with E-state index in [2.05, 4.69) is 10.2 Å². The van der Waals surface area contributed by atoms with Crippen molar-refractivity contribution in [3.8, 4) is 0 Å². The number of fused-ring (bicyclic) bond motifs is 2. The topological polar surface area (TPSA) is 168 Å². The lowest BCUT2D eigenvalue weighted by atomic mass is 10.2. The zero-order valence-electron chi connectivity index (χ0n) is 25.3. The van der Waals surface area contributed by atoms with Crippen molar-refractivity contribution in [2.75, 3.05) is 41.3 Å². The number of nitrogens with one attached hydrogen (secondary N) is 2. The van der Waals surface area contributed by atoms with Gasteiger partial charge in [0.2, 0.25) is 0 Å². The number of aromatic nitrogens is 4. The lowest BCUT2D eigenvalue weighted by molar-refractivity contribution is 0.198. The Labute approximate surface area is 254 Å². The van der Waals surface area contributed by atoms with Gasteiger partial charge in [0.15, 0.2) is 23.3 Å². The Kier molecular flexibility index (Phi) is 6.66. The Morgan fingerprint density at radius 3 is 2.05 bits per heavy atom. The zero-order valence-corrected chi connectivity index (χ0v) is 25.3. The van der Waals surface area contributed by atoms with Gasteiger partial charge in [-0.2, -0.15) is 0 Å². The summed E-state index contributed by atoms with van der Waals surface area (Å²) in [7, 11) is 0. The van der Waals surface area contributed by atoms with Crippen molar-refractivity contribution >= 4 is 51.4 Å². The highest BCUT2D eigenvalue weighted by Gasteiger charge is 2.30. The Morgan fingerprint density at radius 2 is 1.43 bits per heavy atom. The zero-order chi connectivity index (χ0) is 30.9. The van der Waals surface area contributed by atoms with Crippen LogP contribution in [0.15, 0.2) is 46.0 Å². The number of β-amino-alcohol motifs (C(OH)–C–C–N with tert-alkyl or cyclic N) is 2. The Hall–Kier alpha value is -4.75. The summed E-state index contributed by atoms with van der Waals surface area (Å²) in [6.45, 7) is 10.4. The number of amidine groups is 2. The number of anilines is 3. The second kappa shape index (κ2) is 10.5. The fourth-order valence-corrected chi connectivity index (χ4v) is 6.09. The predicted molar refractivity (Wildman–Crippen MR) is 173 cm³/mol. The van der Waals surface area contributed by atoms with Crippen molar-refractivity contribution in [1.29, 1.82) is 5.41 Å². The molecule has 7 heterocycles. The summed E-state index contributed by atoms with van der Waals surface area (Å²) in [5, 5.41) is 42.5. The summed E-state index contributed by atoms with van der Waals surface area (Å²) in [6, 6.07) is 8.07. The van der Waals surface area contributed by atoms with E-state index in [-0.39, 0.29) is 23.1 Å². The molecular weight excluding hydrogens is 558 g/mol. The van der Waals surface area contributed by atoms with E-state index >= 15 is 0 Å². The van der Waals surface area contributed by atoms with Crippen LogP contribution in [0.5, 0.6) is 0 Å². The Morgan fingerprint density at radius 1 is 0.864 bits per heavy atom. The standard InChI is InChI=1S/C31H37N11O2/c1-16-5-7-24-26(30(37-41(24)18(16)3)39-11-9-20(43)14-39)34-28-22(32)13-23(33)29(36-28)35-27-25-8-6-17(2)19(4)42(25)38-31(27)40-12-10-21(44)15-40/h5-8,13,20-21,32,43-44H,9-12,14-15,33H2,1-4H3,(H,34,35,36). The lowest BCUT2D eigenvalue weighted by Gasteiger charge is -2.19. The third-order valence-electron chi connectivity index (χ3n) is 8.96. The first-order chi connectivity index (χ1) is 21.1. The number of nitrogens with zero attached hydrogens (tertiary/aromatic N) is 8. The number of hydrogen-bond acceptors (Lipinski definition) is 10. The summed E-state index contributed by atoms with van der Waals surface area (Å²) in [4.78, 5) is 13.8. The SMILES string of the molecule is Cc1ccc2c(/N=C3/N=C(Nc4c(N5CCC(O)C5)nn5c(C)c(C)ccc45)C(=N)C=C3N)c(N3CCC(O)C3)nn2c1C. The van der Waals surface area contributed by atoms with Crippen LogP contribution >= 0.6 is 0 Å². The van der Waals surface area contributed by atoms with Crippen LogP contribution in [0.1, 0.15) is 35.4 Å². The van der Waals surface area contributed by atoms with Gasteiger partial charge in [-0.25, -0.2) is 19.0 Å². The number of pyridine rings is 2. The fourth-order valence-electron chi connectivity index (χ4n) is 6.09. The van der Waals surface area contributed by atoms with E-state index in [1.165, 1.54) is 0 Å². The summed E-state index contributed by atoms with van der Waals surface area (Å²) in [6.07, 6.45) is 2.01. The molecule has 6 N–H and O–H groups in total. The third-order valence-corrected chi connectivity index (χ3v) is 8.96. The number of hydrogen-bond donors (Lipinski definition) is 5. The molecule has 2 unspecified atom stereocenters. The number of aliphatic imine (C=N–C) groups is 2. The second-order valence-electron chi connectivity index (χ2n) is 12.0. The average Bonchev–Trinajstić information content (AvgIpc) is 3.77. The number of aliphatic hydroxyl groups excluding tert-OH is 2. The molecule has 2 saturated heterocycles. The smallest absolute Gasteiger partial charge is 0.178 e. The molecule has 2 atom stereocenters. The molecule has 0 radical (unpaired) electrons. The molecule has 0 aromatic carbocycles. The Bertz CT molecular complexity index is 1930. The van der Waals surface area contributed by atoms with E-state index in [0.717, 1.165) is 33.5 Å². The third kappa shape index (κ3) is 4.59. The largest absolute Gasteiger partial charge is 0.396 e. The molecule has 13 nitrogen and oxygen atoms in total. The van der Waals surface area contributed by atoms with Crippen LogP contribution in [0.4, 0.5) is 23.0 Å². The molecule has 7 rings (SSSR count). The Balaban J connectivity index is 1.34. The molecule has 0 aliphatic carbocycles. The molecule has 0 amide bonds. The highest BCUT2D eigenvalue weighted by molar-refractivity contribution is 6.52. The average molecular weight is 596 g/mol. The molecular formula is C31H37N11O2. The summed E-state index contributed by atoms with van der Waals surface area (Å²) in [5.74, 6) is 1.90. The van der Waals surface area contributed by atoms with Gasteiger partial charge in [0.05, 0.1) is 34.7 Å². The van der Waals surface area contributed by atoms with Crippen molar-refractivity contribution in [3.05, 3.63) is 58.6 Å². The van der Waals surface area contributed by atoms with Gasteiger partial charge >= 0.3 is 0 Å². The van der Waals surface area contributed by atoms with Gasteiger partial charge in [-0.1, -0.05) is 12.1 Å². The number of nitrogens with two attached hydrogens (primary N) is 1.